The molecular weight excluding hydrogens is 424 g/mol. The highest BCUT2D eigenvalue weighted by molar-refractivity contribution is 5.89. The molecule has 2 atom stereocenters. The van der Waals surface area contributed by atoms with E-state index in [-0.39, 0.29) is 18.8 Å². The third kappa shape index (κ3) is 4.44. The summed E-state index contributed by atoms with van der Waals surface area (Å²) in [5, 5.41) is 10.6. The number of fused-ring (bicyclic) bond motifs is 1. The summed E-state index contributed by atoms with van der Waals surface area (Å²) in [5.41, 5.74) is 2.88. The maximum absolute atomic E-state index is 9.71. The van der Waals surface area contributed by atoms with Crippen LogP contribution < -0.4 is 14.4 Å². The summed E-state index contributed by atoms with van der Waals surface area (Å²) in [6.45, 7) is 5.23. The van der Waals surface area contributed by atoms with Crippen molar-refractivity contribution in [3.8, 4) is 23.0 Å². The largest absolute Gasteiger partial charge is 0.496 e. The van der Waals surface area contributed by atoms with E-state index >= 15 is 0 Å². The predicted molar refractivity (Wildman–Crippen MR) is 123 cm³/mol. The first-order chi connectivity index (χ1) is 16.2. The summed E-state index contributed by atoms with van der Waals surface area (Å²) < 4.78 is 22.5. The normalized spacial score (nSPS) is 20.9. The molecule has 9 heteroatoms. The van der Waals surface area contributed by atoms with E-state index in [2.05, 4.69) is 16.8 Å². The van der Waals surface area contributed by atoms with Gasteiger partial charge in [0.2, 0.25) is 0 Å². The standard InChI is InChI=1S/C24H28N4O5/c1-15-13-32-10-8-28(15)23-19-4-5-20(16-3-6-21(30-2)17(11-16)12-29)25-22(19)26-24(27-23)33-18-7-9-31-14-18/h3-6,11,15,18,29H,7-10,12-14H2,1-2H3/t15-,18+/m0/s1. The highest BCUT2D eigenvalue weighted by Crippen LogP contribution is 2.32. The molecule has 4 heterocycles. The van der Waals surface area contributed by atoms with Crippen molar-refractivity contribution in [1.29, 1.82) is 0 Å². The number of hydrogen-bond donors (Lipinski definition) is 1. The third-order valence-electron chi connectivity index (χ3n) is 6.07. The van der Waals surface area contributed by atoms with E-state index in [1.165, 1.54) is 0 Å². The van der Waals surface area contributed by atoms with Gasteiger partial charge in [-0.05, 0) is 37.3 Å². The van der Waals surface area contributed by atoms with Crippen LogP contribution in [0.15, 0.2) is 30.3 Å². The van der Waals surface area contributed by atoms with Gasteiger partial charge in [0.1, 0.15) is 17.7 Å². The van der Waals surface area contributed by atoms with Crippen molar-refractivity contribution < 1.29 is 24.1 Å². The fraction of sp³-hybridized carbons (Fsp3) is 0.458. The molecule has 33 heavy (non-hydrogen) atoms. The van der Waals surface area contributed by atoms with Crippen molar-refractivity contribution in [3.63, 3.8) is 0 Å². The molecule has 0 bridgehead atoms. The van der Waals surface area contributed by atoms with Crippen LogP contribution in [0.4, 0.5) is 5.82 Å². The minimum Gasteiger partial charge on any atom is -0.496 e. The van der Waals surface area contributed by atoms with Gasteiger partial charge in [-0.15, -0.1) is 0 Å². The van der Waals surface area contributed by atoms with Crippen LogP contribution in [-0.4, -0.2) is 72.3 Å². The maximum atomic E-state index is 9.71. The van der Waals surface area contributed by atoms with Crippen LogP contribution >= 0.6 is 0 Å². The van der Waals surface area contributed by atoms with Gasteiger partial charge in [0.25, 0.3) is 0 Å². The van der Waals surface area contributed by atoms with Gasteiger partial charge in [-0.2, -0.15) is 9.97 Å². The van der Waals surface area contributed by atoms with Crippen molar-refractivity contribution >= 4 is 16.9 Å². The molecule has 0 spiro atoms. The molecule has 2 aliphatic rings. The maximum Gasteiger partial charge on any atom is 0.320 e. The smallest absolute Gasteiger partial charge is 0.320 e. The molecule has 0 aliphatic carbocycles. The number of rotatable bonds is 6. The molecular formula is C24H28N4O5. The molecule has 0 amide bonds. The van der Waals surface area contributed by atoms with Crippen LogP contribution in [0.5, 0.6) is 11.8 Å². The van der Waals surface area contributed by atoms with Crippen molar-refractivity contribution in [2.45, 2.75) is 32.1 Å². The Hall–Kier alpha value is -3.01. The minimum absolute atomic E-state index is 0.0608. The molecule has 2 saturated heterocycles. The number of aromatic nitrogens is 3. The van der Waals surface area contributed by atoms with Gasteiger partial charge in [0.15, 0.2) is 5.65 Å². The van der Waals surface area contributed by atoms with Gasteiger partial charge in [0, 0.05) is 24.1 Å². The highest BCUT2D eigenvalue weighted by atomic mass is 16.6. The van der Waals surface area contributed by atoms with E-state index in [1.54, 1.807) is 7.11 Å². The SMILES string of the molecule is COc1ccc(-c2ccc3c(N4CCOC[C@@H]4C)nc(O[C@@H]4CCOC4)nc3n2)cc1CO. The second kappa shape index (κ2) is 9.46. The Morgan fingerprint density at radius 1 is 1.09 bits per heavy atom. The van der Waals surface area contributed by atoms with E-state index in [4.69, 9.17) is 28.9 Å². The Morgan fingerprint density at radius 2 is 1.97 bits per heavy atom. The molecule has 9 nitrogen and oxygen atoms in total. The zero-order chi connectivity index (χ0) is 22.8. The number of ether oxygens (including phenoxy) is 4. The van der Waals surface area contributed by atoms with Crippen molar-refractivity contribution in [1.82, 2.24) is 15.0 Å². The molecule has 3 aromatic rings. The van der Waals surface area contributed by atoms with Crippen LogP contribution in [0.1, 0.15) is 18.9 Å². The summed E-state index contributed by atoms with van der Waals surface area (Å²) in [6.07, 6.45) is 0.753. The number of morpholine rings is 1. The lowest BCUT2D eigenvalue weighted by Gasteiger charge is -2.34. The average molecular weight is 453 g/mol. The van der Waals surface area contributed by atoms with Gasteiger partial charge in [-0.25, -0.2) is 4.98 Å². The monoisotopic (exact) mass is 452 g/mol. The summed E-state index contributed by atoms with van der Waals surface area (Å²) in [6, 6.07) is 10.1. The molecule has 2 aromatic heterocycles. The van der Waals surface area contributed by atoms with Crippen LogP contribution in [-0.2, 0) is 16.1 Å². The molecule has 1 aromatic carbocycles. The molecule has 0 radical (unpaired) electrons. The van der Waals surface area contributed by atoms with Crippen LogP contribution in [0.2, 0.25) is 0 Å². The number of pyridine rings is 1. The van der Waals surface area contributed by atoms with Gasteiger partial charge in [0.05, 0.1) is 57.3 Å². The summed E-state index contributed by atoms with van der Waals surface area (Å²) >= 11 is 0. The molecule has 2 aliphatic heterocycles. The number of hydrogen-bond acceptors (Lipinski definition) is 9. The minimum atomic E-state index is -0.118. The van der Waals surface area contributed by atoms with Gasteiger partial charge < -0.3 is 29.0 Å². The number of methoxy groups -OCH3 is 1. The zero-order valence-corrected chi connectivity index (χ0v) is 18.9. The lowest BCUT2D eigenvalue weighted by atomic mass is 10.1. The van der Waals surface area contributed by atoms with Crippen LogP contribution in [0.3, 0.4) is 0 Å². The first kappa shape index (κ1) is 21.8. The first-order valence-electron chi connectivity index (χ1n) is 11.2. The molecule has 0 unspecified atom stereocenters. The second-order valence-corrected chi connectivity index (χ2v) is 8.30. The Balaban J connectivity index is 1.59. The lowest BCUT2D eigenvalue weighted by Crippen LogP contribution is -2.44. The summed E-state index contributed by atoms with van der Waals surface area (Å²) in [4.78, 5) is 16.5. The van der Waals surface area contributed by atoms with Crippen molar-refractivity contribution in [3.05, 3.63) is 35.9 Å². The van der Waals surface area contributed by atoms with E-state index in [0.717, 1.165) is 35.4 Å². The molecule has 1 N–H and O–H groups in total. The van der Waals surface area contributed by atoms with E-state index < -0.39 is 0 Å². The Bertz CT molecular complexity index is 1140. The fourth-order valence-electron chi connectivity index (χ4n) is 4.27. The topological polar surface area (TPSA) is 99.1 Å². The van der Waals surface area contributed by atoms with Gasteiger partial charge in [-0.3, -0.25) is 0 Å². The summed E-state index contributed by atoms with van der Waals surface area (Å²) in [7, 11) is 1.59. The van der Waals surface area contributed by atoms with E-state index in [0.29, 0.717) is 49.4 Å². The second-order valence-electron chi connectivity index (χ2n) is 8.30. The zero-order valence-electron chi connectivity index (χ0n) is 18.9. The Morgan fingerprint density at radius 3 is 2.73 bits per heavy atom. The quantitative estimate of drug-likeness (QED) is 0.605. The summed E-state index contributed by atoms with van der Waals surface area (Å²) in [5.74, 6) is 1.44. The first-order valence-corrected chi connectivity index (χ1v) is 11.2. The number of aliphatic hydroxyl groups excluding tert-OH is 1. The average Bonchev–Trinajstić information content (AvgIpc) is 3.36. The lowest BCUT2D eigenvalue weighted by molar-refractivity contribution is 0.0983. The molecule has 174 valence electrons. The van der Waals surface area contributed by atoms with Crippen molar-refractivity contribution in [2.24, 2.45) is 0 Å². The van der Waals surface area contributed by atoms with Gasteiger partial charge in [-0.1, -0.05) is 0 Å². The number of nitrogens with zero attached hydrogens (tertiary/aromatic N) is 4. The molecule has 2 fully saturated rings. The predicted octanol–water partition coefficient (Wildman–Crippen LogP) is 2.59. The number of aliphatic hydroxyl groups is 1. The molecule has 0 saturated carbocycles. The van der Waals surface area contributed by atoms with Gasteiger partial charge >= 0.3 is 6.01 Å². The Kier molecular flexibility index (Phi) is 6.26. The molecule has 5 rings (SSSR count). The van der Waals surface area contributed by atoms with Crippen LogP contribution in [0.25, 0.3) is 22.3 Å². The number of benzene rings is 1. The van der Waals surface area contributed by atoms with E-state index in [9.17, 15) is 5.11 Å². The third-order valence-corrected chi connectivity index (χ3v) is 6.07. The fourth-order valence-corrected chi connectivity index (χ4v) is 4.27. The highest BCUT2D eigenvalue weighted by Gasteiger charge is 2.26. The van der Waals surface area contributed by atoms with Crippen molar-refractivity contribution in [2.75, 3.05) is 45.0 Å². The number of anilines is 1. The Labute approximate surface area is 192 Å². The van der Waals surface area contributed by atoms with E-state index in [1.807, 2.05) is 30.3 Å². The van der Waals surface area contributed by atoms with Crippen LogP contribution in [0, 0.1) is 0 Å².